The van der Waals surface area contributed by atoms with Crippen LogP contribution >= 0.6 is 50.1 Å². The van der Waals surface area contributed by atoms with Crippen molar-refractivity contribution in [3.63, 3.8) is 0 Å². The molecule has 0 unspecified atom stereocenters. The third-order valence-corrected chi connectivity index (χ3v) is 26.1. The predicted molar refractivity (Wildman–Crippen MR) is 589 cm³/mol. The number of halogens is 4. The highest BCUT2D eigenvalue weighted by atomic mass is 127. The van der Waals surface area contributed by atoms with Crippen molar-refractivity contribution in [3.05, 3.63) is 346 Å². The summed E-state index contributed by atoms with van der Waals surface area (Å²) in [5, 5.41) is 16.6. The van der Waals surface area contributed by atoms with Crippen molar-refractivity contribution < 1.29 is 90.0 Å². The average molecular weight is 2170 g/mol. The van der Waals surface area contributed by atoms with Crippen LogP contribution in [-0.2, 0) is 107 Å². The van der Waals surface area contributed by atoms with Gasteiger partial charge in [-0.15, -0.1) is 0 Å². The molecule has 0 fully saturated rings. The maximum absolute atomic E-state index is 14.2. The first-order chi connectivity index (χ1) is 68.3. The molecular weight excluding hydrogens is 2030 g/mol. The number of amides is 6. The third kappa shape index (κ3) is 35.8. The van der Waals surface area contributed by atoms with Gasteiger partial charge in [0.1, 0.15) is 80.0 Å². The largest absolute Gasteiger partial charge is 0.489 e. The van der Waals surface area contributed by atoms with Crippen LogP contribution in [0.2, 0.25) is 5.02 Å². The highest BCUT2D eigenvalue weighted by molar-refractivity contribution is 14.1. The van der Waals surface area contributed by atoms with Gasteiger partial charge in [0.05, 0.1) is 76.8 Å². The Morgan fingerprint density at radius 2 is 0.507 bits per heavy atom. The minimum absolute atomic E-state index is 0. The van der Waals surface area contributed by atoms with Crippen LogP contribution < -0.4 is 60.3 Å². The van der Waals surface area contributed by atoms with E-state index in [1.807, 2.05) is 119 Å². The van der Waals surface area contributed by atoms with Gasteiger partial charge < -0.3 is 56.8 Å². The number of anilines is 6. The Hall–Kier alpha value is -13.5. The standard InChI is InChI=1S/C20H25NO3.C19H22BrNO3.C19H22ClNO3.C19H22FNO3.C19H22INO3.C19H23NO3.CH4/c1-6-16-10-14(3)15(4)11-19(16)24-12-17-13(2)8-7-9-18(17)21-20(22)23-5;4*1-5-14-9-12(2)13(3)10-18(14)24-11-15-16(20)7-6-8-17(15)21-19(22)23-4;1-5-15-10-13(2)14(3)11-18(15)23-12-16-8-6-7-9-17(16)20-19(21)22-4;/h7-11H,6,12H2,1-5H3,(H,21,22);4*6-10H,5,11H2,1-4H3,(H,21,22);6-11H,5,12H2,1-4H3,(H,20,21);1H4. The van der Waals surface area contributed by atoms with Crippen LogP contribution in [0.1, 0.15) is 188 Å². The Labute approximate surface area is 876 Å². The Bertz CT molecular complexity index is 5630. The van der Waals surface area contributed by atoms with Crippen molar-refractivity contribution >= 4 is 121 Å². The molecule has 770 valence electrons. The number of aryl methyl sites for hydroxylation is 19. The van der Waals surface area contributed by atoms with E-state index in [0.29, 0.717) is 71.1 Å². The second kappa shape index (κ2) is 60.2. The van der Waals surface area contributed by atoms with E-state index in [-0.39, 0.29) is 26.2 Å². The topological polar surface area (TPSA) is 285 Å². The van der Waals surface area contributed by atoms with Gasteiger partial charge in [-0.3, -0.25) is 31.9 Å². The quantitative estimate of drug-likeness (QED) is 0.0180. The van der Waals surface area contributed by atoms with Crippen LogP contribution in [-0.4, -0.2) is 79.2 Å². The third-order valence-electron chi connectivity index (χ3n) is 24.0. The molecule has 0 aliphatic carbocycles. The Kier molecular flexibility index (Phi) is 49.8. The smallest absolute Gasteiger partial charge is 0.411 e. The zero-order valence-electron chi connectivity index (χ0n) is 86.7. The number of hydrogen-bond donors (Lipinski definition) is 6. The van der Waals surface area contributed by atoms with Crippen molar-refractivity contribution in [1.29, 1.82) is 0 Å². The normalized spacial score (nSPS) is 10.3. The predicted octanol–water partition coefficient (Wildman–Crippen LogP) is 30.8. The minimum Gasteiger partial charge on any atom is -0.489 e. The molecule has 0 bridgehead atoms. The molecule has 0 saturated heterocycles. The lowest BCUT2D eigenvalue weighted by Crippen LogP contribution is -2.14. The van der Waals surface area contributed by atoms with E-state index in [1.165, 1.54) is 138 Å². The van der Waals surface area contributed by atoms with Gasteiger partial charge in [0.2, 0.25) is 0 Å². The van der Waals surface area contributed by atoms with Gasteiger partial charge >= 0.3 is 36.6 Å². The van der Waals surface area contributed by atoms with E-state index < -0.39 is 42.4 Å². The van der Waals surface area contributed by atoms with Crippen LogP contribution in [0.5, 0.6) is 34.5 Å². The van der Waals surface area contributed by atoms with Gasteiger partial charge in [0.15, 0.2) is 0 Å². The molecule has 24 nitrogen and oxygen atoms in total. The molecule has 144 heavy (non-hydrogen) atoms. The number of carbonyl (C=O) groups excluding carboxylic acids is 6. The number of ether oxygens (including phenoxy) is 12. The molecule has 28 heteroatoms. The summed E-state index contributed by atoms with van der Waals surface area (Å²) in [6, 6.07) is 59.6. The van der Waals surface area contributed by atoms with Crippen LogP contribution in [0, 0.1) is 99.4 Å². The van der Waals surface area contributed by atoms with E-state index in [0.717, 1.165) is 126 Å². The van der Waals surface area contributed by atoms with Crippen molar-refractivity contribution in [2.24, 2.45) is 0 Å². The molecule has 12 aromatic rings. The summed E-state index contributed by atoms with van der Waals surface area (Å²) in [5.41, 5.74) is 30.9. The highest BCUT2D eigenvalue weighted by Crippen LogP contribution is 2.37. The summed E-state index contributed by atoms with van der Waals surface area (Å²) >= 11 is 12.0. The number of rotatable bonds is 30. The molecule has 0 atom stereocenters. The molecule has 0 aliphatic heterocycles. The van der Waals surface area contributed by atoms with E-state index in [1.54, 1.807) is 24.3 Å². The van der Waals surface area contributed by atoms with E-state index >= 15 is 0 Å². The molecule has 0 aromatic heterocycles. The number of hydrogen-bond acceptors (Lipinski definition) is 18. The van der Waals surface area contributed by atoms with E-state index in [2.05, 4.69) is 263 Å². The van der Waals surface area contributed by atoms with Crippen molar-refractivity contribution in [2.45, 2.75) is 217 Å². The zero-order chi connectivity index (χ0) is 105. The molecule has 12 aromatic carbocycles. The minimum atomic E-state index is -0.651. The lowest BCUT2D eigenvalue weighted by molar-refractivity contribution is 0.186. The van der Waals surface area contributed by atoms with Crippen LogP contribution in [0.25, 0.3) is 0 Å². The maximum atomic E-state index is 14.2. The van der Waals surface area contributed by atoms with Gasteiger partial charge in [-0.25, -0.2) is 33.2 Å². The van der Waals surface area contributed by atoms with Crippen LogP contribution in [0.3, 0.4) is 0 Å². The number of nitrogens with one attached hydrogen (secondary N) is 6. The van der Waals surface area contributed by atoms with Gasteiger partial charge in [0.25, 0.3) is 0 Å². The Morgan fingerprint density at radius 1 is 0.271 bits per heavy atom. The Balaban J connectivity index is 0.000000264. The number of carbonyl (C=O) groups is 6. The monoisotopic (exact) mass is 2160 g/mol. The number of methoxy groups -OCH3 is 6. The van der Waals surface area contributed by atoms with Gasteiger partial charge in [0, 0.05) is 46.4 Å². The summed E-state index contributed by atoms with van der Waals surface area (Å²) in [6.07, 6.45) is 2.19. The summed E-state index contributed by atoms with van der Waals surface area (Å²) in [5.74, 6) is 4.68. The van der Waals surface area contributed by atoms with E-state index in [4.69, 9.17) is 40.0 Å². The molecule has 6 amide bonds. The van der Waals surface area contributed by atoms with Gasteiger partial charge in [-0.1, -0.05) is 167 Å². The summed E-state index contributed by atoms with van der Waals surface area (Å²) < 4.78 is 80.1. The molecule has 0 heterocycles. The molecule has 0 saturated carbocycles. The second-order valence-corrected chi connectivity index (χ2v) is 36.1. The van der Waals surface area contributed by atoms with Crippen molar-refractivity contribution in [3.8, 4) is 34.5 Å². The average Bonchev–Trinajstić information content (AvgIpc) is 0.831. The van der Waals surface area contributed by atoms with E-state index in [9.17, 15) is 33.2 Å². The highest BCUT2D eigenvalue weighted by Gasteiger charge is 2.22. The molecule has 0 aliphatic rings. The summed E-state index contributed by atoms with van der Waals surface area (Å²) in [4.78, 5) is 68.9. The first-order valence-electron chi connectivity index (χ1n) is 47.1. The molecule has 12 rings (SSSR count). The summed E-state index contributed by atoms with van der Waals surface area (Å²) in [7, 11) is 7.96. The maximum Gasteiger partial charge on any atom is 0.411 e. The lowest BCUT2D eigenvalue weighted by Gasteiger charge is -2.17. The fourth-order valence-corrected chi connectivity index (χ4v) is 15.9. The molecule has 0 spiro atoms. The van der Waals surface area contributed by atoms with Crippen molar-refractivity contribution in [1.82, 2.24) is 0 Å². The van der Waals surface area contributed by atoms with Crippen LogP contribution in [0.15, 0.2) is 193 Å². The number of para-hydroxylation sites is 1. The second-order valence-electron chi connectivity index (χ2n) is 33.6. The SMILES string of the molecule is C.CCc1cc(C)c(C)cc1OCc1c(Br)cccc1NC(=O)OC.CCc1cc(C)c(C)cc1OCc1c(C)cccc1NC(=O)OC.CCc1cc(C)c(C)cc1OCc1c(Cl)cccc1NC(=O)OC.CCc1cc(C)c(C)cc1OCc1c(F)cccc1NC(=O)OC.CCc1cc(C)c(C)cc1OCc1c(I)cccc1NC(=O)OC.CCc1cc(C)c(C)cc1OCc1ccccc1NC(=O)OC. The fourth-order valence-electron chi connectivity index (χ4n) is 14.5. The zero-order valence-corrected chi connectivity index (χ0v) is 91.2. The lowest BCUT2D eigenvalue weighted by atomic mass is 10.0. The summed E-state index contributed by atoms with van der Waals surface area (Å²) in [6.45, 7) is 41.3. The number of benzene rings is 12. The molecular formula is C116H140BrClFIN6O18. The molecule has 0 radical (unpaired) electrons. The van der Waals surface area contributed by atoms with Crippen LogP contribution in [0.4, 0.5) is 67.3 Å². The first-order valence-corrected chi connectivity index (χ1v) is 49.3. The Morgan fingerprint density at radius 3 is 0.847 bits per heavy atom. The first kappa shape index (κ1) is 119. The fraction of sp³-hybridized carbons (Fsp3) is 0.328. The van der Waals surface area contributed by atoms with Crippen molar-refractivity contribution in [2.75, 3.05) is 74.6 Å². The molecule has 6 N–H and O–H groups in total. The van der Waals surface area contributed by atoms with Gasteiger partial charge in [-0.05, 0) is 354 Å². The van der Waals surface area contributed by atoms with Gasteiger partial charge in [-0.2, -0.15) is 0 Å².